The SMILES string of the molecule is CCCCCCCCCCCCCCCCCC(=O)Oc1ccc(C(C)C)cc1. The molecule has 0 aliphatic rings. The van der Waals surface area contributed by atoms with Crippen LogP contribution in [0.25, 0.3) is 0 Å². The Bertz CT molecular complexity index is 504. The third-order valence-electron chi connectivity index (χ3n) is 5.76. The van der Waals surface area contributed by atoms with Crippen molar-refractivity contribution in [2.45, 2.75) is 129 Å². The second kappa shape index (κ2) is 17.5. The van der Waals surface area contributed by atoms with Crippen LogP contribution < -0.4 is 4.74 Å². The van der Waals surface area contributed by atoms with E-state index in [1.54, 1.807) is 0 Å². The number of unbranched alkanes of at least 4 members (excludes halogenated alkanes) is 14. The molecule has 29 heavy (non-hydrogen) atoms. The van der Waals surface area contributed by atoms with Gasteiger partial charge in [0.2, 0.25) is 0 Å². The molecule has 2 heteroatoms. The van der Waals surface area contributed by atoms with Crippen LogP contribution in [-0.2, 0) is 4.79 Å². The summed E-state index contributed by atoms with van der Waals surface area (Å²) in [6.07, 6.45) is 20.6. The molecule has 0 atom stereocenters. The number of benzene rings is 1. The fourth-order valence-electron chi connectivity index (χ4n) is 3.74. The number of carbonyl (C=O) groups excluding carboxylic acids is 1. The summed E-state index contributed by atoms with van der Waals surface area (Å²) in [6, 6.07) is 7.89. The molecule has 0 aliphatic carbocycles. The quantitative estimate of drug-likeness (QED) is 0.139. The molecule has 2 nitrogen and oxygen atoms in total. The highest BCUT2D eigenvalue weighted by Gasteiger charge is 2.05. The van der Waals surface area contributed by atoms with Gasteiger partial charge < -0.3 is 4.74 Å². The van der Waals surface area contributed by atoms with Gasteiger partial charge in [0.15, 0.2) is 0 Å². The summed E-state index contributed by atoms with van der Waals surface area (Å²) in [5.41, 5.74) is 1.27. The average molecular weight is 403 g/mol. The Balaban J connectivity index is 1.87. The highest BCUT2D eigenvalue weighted by Crippen LogP contribution is 2.19. The maximum atomic E-state index is 11.9. The third kappa shape index (κ3) is 14.3. The third-order valence-corrected chi connectivity index (χ3v) is 5.76. The van der Waals surface area contributed by atoms with Crippen molar-refractivity contribution in [2.75, 3.05) is 0 Å². The summed E-state index contributed by atoms with van der Waals surface area (Å²) >= 11 is 0. The zero-order valence-electron chi connectivity index (χ0n) is 19.5. The molecule has 1 aromatic rings. The number of hydrogen-bond donors (Lipinski definition) is 0. The van der Waals surface area contributed by atoms with Gasteiger partial charge in [0.05, 0.1) is 0 Å². The van der Waals surface area contributed by atoms with Crippen LogP contribution in [0.15, 0.2) is 24.3 Å². The lowest BCUT2D eigenvalue weighted by atomic mass is 10.0. The van der Waals surface area contributed by atoms with E-state index in [0.717, 1.165) is 12.8 Å². The molecule has 0 spiro atoms. The summed E-state index contributed by atoms with van der Waals surface area (Å²) in [5, 5.41) is 0. The average Bonchev–Trinajstić information content (AvgIpc) is 2.71. The summed E-state index contributed by atoms with van der Waals surface area (Å²) in [4.78, 5) is 11.9. The normalized spacial score (nSPS) is 11.2. The van der Waals surface area contributed by atoms with Crippen molar-refractivity contribution in [3.05, 3.63) is 29.8 Å². The van der Waals surface area contributed by atoms with Gasteiger partial charge in [-0.1, -0.05) is 123 Å². The van der Waals surface area contributed by atoms with E-state index < -0.39 is 0 Å². The molecule has 0 saturated carbocycles. The van der Waals surface area contributed by atoms with E-state index in [9.17, 15) is 4.79 Å². The zero-order valence-corrected chi connectivity index (χ0v) is 19.5. The fraction of sp³-hybridized carbons (Fsp3) is 0.741. The molecule has 1 rings (SSSR count). The van der Waals surface area contributed by atoms with E-state index in [2.05, 4.69) is 20.8 Å². The van der Waals surface area contributed by atoms with Crippen molar-refractivity contribution in [1.82, 2.24) is 0 Å². The Morgan fingerprint density at radius 1 is 0.690 bits per heavy atom. The zero-order chi connectivity index (χ0) is 21.2. The molecule has 0 N–H and O–H groups in total. The number of carbonyl (C=O) groups is 1. The Morgan fingerprint density at radius 3 is 1.52 bits per heavy atom. The standard InChI is InChI=1S/C27H46O2/c1-4-5-6-7-8-9-10-11-12-13-14-15-16-17-18-19-27(28)29-26-22-20-25(21-23-26)24(2)3/h20-24H,4-19H2,1-3H3. The van der Waals surface area contributed by atoms with Gasteiger partial charge in [0.25, 0.3) is 0 Å². The molecule has 0 bridgehead atoms. The first-order valence-corrected chi connectivity index (χ1v) is 12.4. The van der Waals surface area contributed by atoms with Crippen LogP contribution in [0.5, 0.6) is 5.75 Å². The van der Waals surface area contributed by atoms with Crippen LogP contribution in [0.3, 0.4) is 0 Å². The van der Waals surface area contributed by atoms with E-state index in [4.69, 9.17) is 4.74 Å². The van der Waals surface area contributed by atoms with Crippen molar-refractivity contribution in [3.8, 4) is 5.75 Å². The highest BCUT2D eigenvalue weighted by atomic mass is 16.5. The molecular weight excluding hydrogens is 356 g/mol. The fourth-order valence-corrected chi connectivity index (χ4v) is 3.74. The van der Waals surface area contributed by atoms with Crippen molar-refractivity contribution in [1.29, 1.82) is 0 Å². The second-order valence-electron chi connectivity index (χ2n) is 8.90. The van der Waals surface area contributed by atoms with E-state index in [-0.39, 0.29) is 5.97 Å². The molecular formula is C27H46O2. The van der Waals surface area contributed by atoms with Gasteiger partial charge in [-0.25, -0.2) is 0 Å². The van der Waals surface area contributed by atoms with Gasteiger partial charge in [-0.3, -0.25) is 4.79 Å². The Hall–Kier alpha value is -1.31. The van der Waals surface area contributed by atoms with Gasteiger partial charge in [0, 0.05) is 6.42 Å². The van der Waals surface area contributed by atoms with Crippen LogP contribution in [0, 0.1) is 0 Å². The van der Waals surface area contributed by atoms with Crippen molar-refractivity contribution < 1.29 is 9.53 Å². The van der Waals surface area contributed by atoms with Gasteiger partial charge >= 0.3 is 5.97 Å². The summed E-state index contributed by atoms with van der Waals surface area (Å²) in [7, 11) is 0. The van der Waals surface area contributed by atoms with Crippen LogP contribution in [0.4, 0.5) is 0 Å². The van der Waals surface area contributed by atoms with Crippen molar-refractivity contribution in [3.63, 3.8) is 0 Å². The first-order valence-electron chi connectivity index (χ1n) is 12.4. The van der Waals surface area contributed by atoms with Gasteiger partial charge in [-0.15, -0.1) is 0 Å². The van der Waals surface area contributed by atoms with Crippen LogP contribution >= 0.6 is 0 Å². The molecule has 0 aliphatic heterocycles. The molecule has 0 heterocycles. The second-order valence-corrected chi connectivity index (χ2v) is 8.90. The van der Waals surface area contributed by atoms with Gasteiger partial charge in [0.1, 0.15) is 5.75 Å². The van der Waals surface area contributed by atoms with Crippen molar-refractivity contribution >= 4 is 5.97 Å². The Labute approximate surface area is 180 Å². The molecule has 0 fully saturated rings. The monoisotopic (exact) mass is 402 g/mol. The van der Waals surface area contributed by atoms with E-state index in [1.165, 1.54) is 89.0 Å². The number of ether oxygens (including phenoxy) is 1. The maximum Gasteiger partial charge on any atom is 0.311 e. The van der Waals surface area contributed by atoms with Crippen LogP contribution in [0.2, 0.25) is 0 Å². The summed E-state index contributed by atoms with van der Waals surface area (Å²) < 4.78 is 5.43. The Morgan fingerprint density at radius 2 is 1.10 bits per heavy atom. The highest BCUT2D eigenvalue weighted by molar-refractivity contribution is 5.72. The van der Waals surface area contributed by atoms with Gasteiger partial charge in [-0.2, -0.15) is 0 Å². The predicted octanol–water partition coefficient (Wildman–Crippen LogP) is 8.98. The van der Waals surface area contributed by atoms with Crippen molar-refractivity contribution in [2.24, 2.45) is 0 Å². The molecule has 0 aromatic heterocycles. The first kappa shape index (κ1) is 25.7. The molecule has 166 valence electrons. The molecule has 1 aromatic carbocycles. The van der Waals surface area contributed by atoms with Gasteiger partial charge in [-0.05, 0) is 30.0 Å². The maximum absolute atomic E-state index is 11.9. The Kier molecular flexibility index (Phi) is 15.6. The van der Waals surface area contributed by atoms with E-state index >= 15 is 0 Å². The molecule has 0 amide bonds. The smallest absolute Gasteiger partial charge is 0.311 e. The largest absolute Gasteiger partial charge is 0.427 e. The first-order chi connectivity index (χ1) is 14.1. The molecule has 0 radical (unpaired) electrons. The lowest BCUT2D eigenvalue weighted by Crippen LogP contribution is -2.07. The number of hydrogen-bond acceptors (Lipinski definition) is 2. The van der Waals surface area contributed by atoms with Crippen LogP contribution in [0.1, 0.15) is 135 Å². The minimum atomic E-state index is -0.100. The summed E-state index contributed by atoms with van der Waals surface area (Å²) in [6.45, 7) is 6.61. The lowest BCUT2D eigenvalue weighted by Gasteiger charge is -2.07. The number of esters is 1. The topological polar surface area (TPSA) is 26.3 Å². The minimum absolute atomic E-state index is 0.100. The molecule has 0 unspecified atom stereocenters. The summed E-state index contributed by atoms with van der Waals surface area (Å²) in [5.74, 6) is 1.07. The predicted molar refractivity (Wildman–Crippen MR) is 126 cm³/mol. The minimum Gasteiger partial charge on any atom is -0.427 e. The molecule has 0 saturated heterocycles. The lowest BCUT2D eigenvalue weighted by molar-refractivity contribution is -0.134. The number of rotatable bonds is 18. The van der Waals surface area contributed by atoms with E-state index in [0.29, 0.717) is 18.1 Å². The van der Waals surface area contributed by atoms with E-state index in [1.807, 2.05) is 24.3 Å². The van der Waals surface area contributed by atoms with Crippen LogP contribution in [-0.4, -0.2) is 5.97 Å².